The van der Waals surface area contributed by atoms with Gasteiger partial charge in [-0.3, -0.25) is 10.1 Å². The van der Waals surface area contributed by atoms with Gasteiger partial charge in [-0.25, -0.2) is 4.98 Å². The van der Waals surface area contributed by atoms with Crippen LogP contribution in [-0.4, -0.2) is 9.91 Å². The average Bonchev–Trinajstić information content (AvgIpc) is 3.02. The first kappa shape index (κ1) is 17.5. The van der Waals surface area contributed by atoms with Gasteiger partial charge in [0.05, 0.1) is 16.2 Å². The fraction of sp³-hybridized carbons (Fsp3) is 0.100. The number of nitro groups is 1. The van der Waals surface area contributed by atoms with Crippen LogP contribution in [0.4, 0.5) is 5.69 Å². The third-order valence-corrected chi connectivity index (χ3v) is 4.87. The monoisotopic (exact) mass is 361 g/mol. The van der Waals surface area contributed by atoms with Crippen molar-refractivity contribution < 1.29 is 4.92 Å². The number of hydrogen-bond donors (Lipinski definition) is 0. The lowest BCUT2D eigenvalue weighted by Crippen LogP contribution is -1.88. The molecule has 0 atom stereocenters. The predicted molar refractivity (Wildman–Crippen MR) is 104 cm³/mol. The maximum Gasteiger partial charge on any atom is 0.270 e. The Labute approximate surface area is 155 Å². The highest BCUT2D eigenvalue weighted by atomic mass is 32.1. The van der Waals surface area contributed by atoms with Crippen LogP contribution in [0.2, 0.25) is 0 Å². The standard InChI is InChI=1S/C20H15N3O2S/c1-13-6-8-16(9-7-13)19-14(2)26-20(22-19)17(12-21)10-15-4-3-5-18(11-15)23(24)25/h3-11H,1-2H3/b17-10+. The quantitative estimate of drug-likeness (QED) is 0.354. The summed E-state index contributed by atoms with van der Waals surface area (Å²) < 4.78 is 0. The Morgan fingerprint density at radius 1 is 1.23 bits per heavy atom. The number of nitriles is 1. The van der Waals surface area contributed by atoms with E-state index in [0.29, 0.717) is 16.1 Å². The second-order valence-corrected chi connectivity index (χ2v) is 7.01. The Balaban J connectivity index is 2.00. The highest BCUT2D eigenvalue weighted by molar-refractivity contribution is 7.13. The molecule has 0 bridgehead atoms. The number of non-ortho nitro benzene ring substituents is 1. The molecular formula is C20H15N3O2S. The topological polar surface area (TPSA) is 79.8 Å². The summed E-state index contributed by atoms with van der Waals surface area (Å²) in [5.74, 6) is 0. The zero-order chi connectivity index (χ0) is 18.7. The highest BCUT2D eigenvalue weighted by Gasteiger charge is 2.14. The van der Waals surface area contributed by atoms with Crippen LogP contribution in [-0.2, 0) is 0 Å². The summed E-state index contributed by atoms with van der Waals surface area (Å²) in [4.78, 5) is 16.1. The fourth-order valence-corrected chi connectivity index (χ4v) is 3.43. The maximum absolute atomic E-state index is 10.9. The van der Waals surface area contributed by atoms with Crippen molar-refractivity contribution in [2.45, 2.75) is 13.8 Å². The van der Waals surface area contributed by atoms with E-state index in [0.717, 1.165) is 16.1 Å². The smallest absolute Gasteiger partial charge is 0.258 e. The molecule has 26 heavy (non-hydrogen) atoms. The fourth-order valence-electron chi connectivity index (χ4n) is 2.53. The number of nitro benzene ring substituents is 1. The maximum atomic E-state index is 10.9. The minimum absolute atomic E-state index is 0.00768. The Hall–Kier alpha value is -3.30. The van der Waals surface area contributed by atoms with Crippen molar-refractivity contribution in [1.29, 1.82) is 5.26 Å². The lowest BCUT2D eigenvalue weighted by Gasteiger charge is -1.99. The largest absolute Gasteiger partial charge is 0.270 e. The van der Waals surface area contributed by atoms with E-state index in [4.69, 9.17) is 0 Å². The van der Waals surface area contributed by atoms with E-state index in [1.165, 1.54) is 29.0 Å². The molecule has 0 saturated heterocycles. The summed E-state index contributed by atoms with van der Waals surface area (Å²) in [6.45, 7) is 4.00. The minimum atomic E-state index is -0.452. The van der Waals surface area contributed by atoms with Gasteiger partial charge in [0.25, 0.3) is 5.69 Å². The van der Waals surface area contributed by atoms with Crippen molar-refractivity contribution >= 4 is 28.7 Å². The average molecular weight is 361 g/mol. The van der Waals surface area contributed by atoms with Crippen LogP contribution in [0.25, 0.3) is 22.9 Å². The van der Waals surface area contributed by atoms with E-state index < -0.39 is 4.92 Å². The first-order valence-electron chi connectivity index (χ1n) is 7.89. The first-order valence-corrected chi connectivity index (χ1v) is 8.70. The second kappa shape index (κ2) is 7.30. The molecule has 128 valence electrons. The number of aromatic nitrogens is 1. The number of hydrogen-bond acceptors (Lipinski definition) is 5. The van der Waals surface area contributed by atoms with Crippen LogP contribution in [0.5, 0.6) is 0 Å². The van der Waals surface area contributed by atoms with E-state index in [9.17, 15) is 15.4 Å². The Morgan fingerprint density at radius 2 is 1.96 bits per heavy atom. The second-order valence-electron chi connectivity index (χ2n) is 5.81. The van der Waals surface area contributed by atoms with Gasteiger partial charge in [-0.2, -0.15) is 5.26 Å². The molecule has 1 aromatic heterocycles. The van der Waals surface area contributed by atoms with E-state index >= 15 is 0 Å². The summed E-state index contributed by atoms with van der Waals surface area (Å²) in [6, 6.07) is 16.4. The molecule has 5 nitrogen and oxygen atoms in total. The Kier molecular flexibility index (Phi) is 4.92. The lowest BCUT2D eigenvalue weighted by atomic mass is 10.1. The highest BCUT2D eigenvalue weighted by Crippen LogP contribution is 2.32. The molecule has 0 radical (unpaired) electrons. The predicted octanol–water partition coefficient (Wildman–Crippen LogP) is 5.40. The molecule has 3 rings (SSSR count). The molecule has 0 spiro atoms. The molecule has 1 heterocycles. The van der Waals surface area contributed by atoms with Gasteiger partial charge >= 0.3 is 0 Å². The molecule has 0 fully saturated rings. The third kappa shape index (κ3) is 3.68. The summed E-state index contributed by atoms with van der Waals surface area (Å²) in [5.41, 5.74) is 4.00. The molecule has 0 N–H and O–H groups in total. The summed E-state index contributed by atoms with van der Waals surface area (Å²) in [7, 11) is 0. The molecule has 0 saturated carbocycles. The minimum Gasteiger partial charge on any atom is -0.258 e. The van der Waals surface area contributed by atoms with Crippen molar-refractivity contribution in [3.63, 3.8) is 0 Å². The van der Waals surface area contributed by atoms with Crippen LogP contribution in [0.1, 0.15) is 21.0 Å². The number of aryl methyl sites for hydroxylation is 2. The summed E-state index contributed by atoms with van der Waals surface area (Å²) in [6.07, 6.45) is 1.63. The normalized spacial score (nSPS) is 11.2. The Bertz CT molecular complexity index is 1040. The van der Waals surface area contributed by atoms with Gasteiger partial charge in [-0.15, -0.1) is 11.3 Å². The first-order chi connectivity index (χ1) is 12.5. The Morgan fingerprint density at radius 3 is 2.62 bits per heavy atom. The van der Waals surface area contributed by atoms with E-state index in [-0.39, 0.29) is 5.69 Å². The van der Waals surface area contributed by atoms with Crippen LogP contribution < -0.4 is 0 Å². The van der Waals surface area contributed by atoms with Crippen LogP contribution >= 0.6 is 11.3 Å². The van der Waals surface area contributed by atoms with E-state index in [1.807, 2.05) is 38.1 Å². The molecule has 0 aliphatic rings. The molecular weight excluding hydrogens is 346 g/mol. The van der Waals surface area contributed by atoms with Gasteiger partial charge in [0.2, 0.25) is 0 Å². The van der Waals surface area contributed by atoms with Crippen LogP contribution in [0.15, 0.2) is 48.5 Å². The zero-order valence-electron chi connectivity index (χ0n) is 14.3. The summed E-state index contributed by atoms with van der Waals surface area (Å²) >= 11 is 1.44. The number of nitrogens with zero attached hydrogens (tertiary/aromatic N) is 3. The van der Waals surface area contributed by atoms with Crippen molar-refractivity contribution in [2.75, 3.05) is 0 Å². The van der Waals surface area contributed by atoms with Crippen molar-refractivity contribution in [1.82, 2.24) is 4.98 Å². The summed E-state index contributed by atoms with van der Waals surface area (Å²) in [5, 5.41) is 21.1. The number of benzene rings is 2. The van der Waals surface area contributed by atoms with Gasteiger partial charge < -0.3 is 0 Å². The van der Waals surface area contributed by atoms with E-state index in [2.05, 4.69) is 11.1 Å². The van der Waals surface area contributed by atoms with Gasteiger partial charge in [0.1, 0.15) is 11.1 Å². The van der Waals surface area contributed by atoms with E-state index in [1.54, 1.807) is 18.2 Å². The van der Waals surface area contributed by atoms with Crippen molar-refractivity contribution in [3.8, 4) is 17.3 Å². The van der Waals surface area contributed by atoms with Crippen molar-refractivity contribution in [3.05, 3.63) is 79.7 Å². The molecule has 0 amide bonds. The van der Waals surface area contributed by atoms with Crippen LogP contribution in [0, 0.1) is 35.3 Å². The molecule has 0 aliphatic carbocycles. The number of allylic oxidation sites excluding steroid dienone is 1. The van der Waals surface area contributed by atoms with Gasteiger partial charge in [-0.05, 0) is 25.5 Å². The molecule has 2 aromatic carbocycles. The molecule has 6 heteroatoms. The van der Waals surface area contributed by atoms with Gasteiger partial charge in [0.15, 0.2) is 0 Å². The SMILES string of the molecule is Cc1ccc(-c2nc(/C(C#N)=C/c3cccc([N+](=O)[O-])c3)sc2C)cc1. The molecule has 0 aliphatic heterocycles. The number of thiazole rings is 1. The van der Waals surface area contributed by atoms with Crippen LogP contribution in [0.3, 0.4) is 0 Å². The molecule has 3 aromatic rings. The van der Waals surface area contributed by atoms with Gasteiger partial charge in [-0.1, -0.05) is 42.0 Å². The van der Waals surface area contributed by atoms with Crippen molar-refractivity contribution in [2.24, 2.45) is 0 Å². The third-order valence-electron chi connectivity index (χ3n) is 3.86. The lowest BCUT2D eigenvalue weighted by molar-refractivity contribution is -0.384. The number of rotatable bonds is 4. The van der Waals surface area contributed by atoms with Gasteiger partial charge in [0, 0.05) is 22.6 Å². The zero-order valence-corrected chi connectivity index (χ0v) is 15.1. The molecule has 0 unspecified atom stereocenters.